The second-order valence-electron chi connectivity index (χ2n) is 5.63. The van der Waals surface area contributed by atoms with Crippen molar-refractivity contribution in [1.29, 1.82) is 0 Å². The van der Waals surface area contributed by atoms with E-state index < -0.39 is 4.92 Å². The molecule has 0 aliphatic carbocycles. The van der Waals surface area contributed by atoms with E-state index in [1.165, 1.54) is 12.1 Å². The van der Waals surface area contributed by atoms with Crippen LogP contribution in [0.15, 0.2) is 57.9 Å². The van der Waals surface area contributed by atoms with Crippen LogP contribution in [0.4, 0.5) is 10.5 Å². The van der Waals surface area contributed by atoms with Gasteiger partial charge in [0.05, 0.1) is 11.5 Å². The van der Waals surface area contributed by atoms with Crippen LogP contribution in [0, 0.1) is 10.1 Å². The number of hydrogen-bond donors (Lipinski definition) is 0. The summed E-state index contributed by atoms with van der Waals surface area (Å²) < 4.78 is 11.8. The average molecular weight is 439 g/mol. The normalized spacial score (nSPS) is 16.6. The fourth-order valence-corrected chi connectivity index (χ4v) is 3.27. The fourth-order valence-electron chi connectivity index (χ4n) is 2.40. The molecule has 1 fully saturated rings. The van der Waals surface area contributed by atoms with Crippen LogP contribution in [-0.4, -0.2) is 35.2 Å². The van der Waals surface area contributed by atoms with Crippen LogP contribution in [0.1, 0.15) is 5.56 Å². The predicted molar refractivity (Wildman–Crippen MR) is 99.7 cm³/mol. The third-order valence-corrected chi connectivity index (χ3v) is 4.94. The van der Waals surface area contributed by atoms with E-state index in [1.54, 1.807) is 17.0 Å². The van der Waals surface area contributed by atoms with Crippen LogP contribution in [-0.2, 0) is 15.5 Å². The molecule has 7 nitrogen and oxygen atoms in total. The maximum absolute atomic E-state index is 12.0. The minimum atomic E-state index is -0.451. The largest absolute Gasteiger partial charge is 0.442 e. The van der Waals surface area contributed by atoms with Crippen molar-refractivity contribution >= 4 is 39.8 Å². The SMILES string of the molecule is O=C1OC(COSc2ccc([N+](=O)[O-])cc2)CN1Cc1ccc(Br)cc1. The van der Waals surface area contributed by atoms with Crippen molar-refractivity contribution in [2.24, 2.45) is 0 Å². The molecule has 1 saturated heterocycles. The van der Waals surface area contributed by atoms with E-state index in [1.807, 2.05) is 24.3 Å². The Hall–Kier alpha value is -2.10. The summed E-state index contributed by atoms with van der Waals surface area (Å²) in [6.07, 6.45) is -0.703. The molecule has 136 valence electrons. The van der Waals surface area contributed by atoms with Crippen LogP contribution in [0.3, 0.4) is 0 Å². The van der Waals surface area contributed by atoms with Crippen LogP contribution in [0.2, 0.25) is 0 Å². The molecule has 0 saturated carbocycles. The van der Waals surface area contributed by atoms with Crippen molar-refractivity contribution in [3.05, 3.63) is 68.7 Å². The van der Waals surface area contributed by atoms with Crippen molar-refractivity contribution in [3.63, 3.8) is 0 Å². The monoisotopic (exact) mass is 438 g/mol. The Morgan fingerprint density at radius 3 is 2.58 bits per heavy atom. The highest BCUT2D eigenvalue weighted by molar-refractivity contribution is 9.10. The molecule has 0 radical (unpaired) electrons. The van der Waals surface area contributed by atoms with Crippen molar-refractivity contribution in [3.8, 4) is 0 Å². The smallest absolute Gasteiger partial charge is 0.410 e. The maximum Gasteiger partial charge on any atom is 0.410 e. The second kappa shape index (κ2) is 8.52. The minimum absolute atomic E-state index is 0.0302. The topological polar surface area (TPSA) is 81.9 Å². The maximum atomic E-state index is 12.0. The third kappa shape index (κ3) is 4.96. The predicted octanol–water partition coefficient (Wildman–Crippen LogP) is 4.40. The number of ether oxygens (including phenoxy) is 1. The van der Waals surface area contributed by atoms with Gasteiger partial charge in [0, 0.05) is 40.1 Å². The molecular formula is C17H15BrN2O5S. The first kappa shape index (κ1) is 18.7. The molecule has 0 spiro atoms. The van der Waals surface area contributed by atoms with Gasteiger partial charge in [0.15, 0.2) is 0 Å². The van der Waals surface area contributed by atoms with Crippen molar-refractivity contribution < 1.29 is 18.6 Å². The molecule has 0 bridgehead atoms. The zero-order valence-electron chi connectivity index (χ0n) is 13.5. The summed E-state index contributed by atoms with van der Waals surface area (Å²) in [4.78, 5) is 24.5. The van der Waals surface area contributed by atoms with Crippen molar-refractivity contribution in [2.75, 3.05) is 13.2 Å². The number of rotatable bonds is 7. The lowest BCUT2D eigenvalue weighted by Gasteiger charge is -2.12. The first-order valence-electron chi connectivity index (χ1n) is 7.75. The van der Waals surface area contributed by atoms with E-state index in [0.717, 1.165) is 27.0 Å². The van der Waals surface area contributed by atoms with Gasteiger partial charge in [-0.05, 0) is 29.8 Å². The lowest BCUT2D eigenvalue weighted by atomic mass is 10.2. The summed E-state index contributed by atoms with van der Waals surface area (Å²) >= 11 is 4.48. The highest BCUT2D eigenvalue weighted by Crippen LogP contribution is 2.24. The molecule has 2 aromatic carbocycles. The number of amides is 1. The number of nitro benzene ring substituents is 1. The Balaban J connectivity index is 1.45. The highest BCUT2D eigenvalue weighted by atomic mass is 79.9. The van der Waals surface area contributed by atoms with E-state index in [0.29, 0.717) is 13.1 Å². The minimum Gasteiger partial charge on any atom is -0.442 e. The van der Waals surface area contributed by atoms with Gasteiger partial charge in [0.1, 0.15) is 12.7 Å². The summed E-state index contributed by atoms with van der Waals surface area (Å²) in [6.45, 7) is 1.18. The molecule has 1 amide bonds. The molecule has 3 rings (SSSR count). The molecule has 1 unspecified atom stereocenters. The van der Waals surface area contributed by atoms with Gasteiger partial charge in [-0.25, -0.2) is 4.79 Å². The Kier molecular flexibility index (Phi) is 6.12. The summed E-state index contributed by atoms with van der Waals surface area (Å²) in [5.41, 5.74) is 1.05. The van der Waals surface area contributed by atoms with Gasteiger partial charge in [0.2, 0.25) is 0 Å². The Morgan fingerprint density at radius 2 is 1.92 bits per heavy atom. The standard InChI is InChI=1S/C17H15BrN2O5S/c18-13-3-1-12(2-4-13)9-19-10-15(25-17(19)21)11-24-26-16-7-5-14(6-8-16)20(22)23/h1-8,15H,9-11H2. The molecule has 0 N–H and O–H groups in total. The van der Waals surface area contributed by atoms with Crippen LogP contribution < -0.4 is 0 Å². The van der Waals surface area contributed by atoms with E-state index in [-0.39, 0.29) is 24.5 Å². The number of non-ortho nitro benzene ring substituents is 1. The number of nitrogens with zero attached hydrogens (tertiary/aromatic N) is 2. The van der Waals surface area contributed by atoms with Crippen LogP contribution >= 0.6 is 28.0 Å². The summed E-state index contributed by atoms with van der Waals surface area (Å²) in [6, 6.07) is 13.8. The quantitative estimate of drug-likeness (QED) is 0.361. The average Bonchev–Trinajstić information content (AvgIpc) is 2.97. The fraction of sp³-hybridized carbons (Fsp3) is 0.235. The number of halogens is 1. The van der Waals surface area contributed by atoms with Gasteiger partial charge < -0.3 is 13.8 Å². The van der Waals surface area contributed by atoms with E-state index in [4.69, 9.17) is 8.92 Å². The molecule has 1 aliphatic rings. The zero-order chi connectivity index (χ0) is 18.5. The summed E-state index contributed by atoms with van der Waals surface area (Å²) in [7, 11) is 0. The molecule has 1 heterocycles. The lowest BCUT2D eigenvalue weighted by Crippen LogP contribution is -2.25. The van der Waals surface area contributed by atoms with Gasteiger partial charge in [0.25, 0.3) is 5.69 Å². The van der Waals surface area contributed by atoms with Crippen molar-refractivity contribution in [2.45, 2.75) is 17.5 Å². The molecule has 9 heteroatoms. The van der Waals surface area contributed by atoms with E-state index in [2.05, 4.69) is 15.9 Å². The summed E-state index contributed by atoms with van der Waals surface area (Å²) in [5.74, 6) is 0. The number of nitro groups is 1. The number of carbonyl (C=O) groups is 1. The van der Waals surface area contributed by atoms with Gasteiger partial charge in [-0.3, -0.25) is 10.1 Å². The number of hydrogen-bond acceptors (Lipinski definition) is 6. The van der Waals surface area contributed by atoms with E-state index in [9.17, 15) is 14.9 Å². The number of cyclic esters (lactones) is 1. The first-order valence-corrected chi connectivity index (χ1v) is 9.28. The summed E-state index contributed by atoms with van der Waals surface area (Å²) in [5, 5.41) is 10.6. The molecule has 1 aliphatic heterocycles. The van der Waals surface area contributed by atoms with Gasteiger partial charge >= 0.3 is 6.09 Å². The number of benzene rings is 2. The van der Waals surface area contributed by atoms with Crippen molar-refractivity contribution in [1.82, 2.24) is 4.90 Å². The van der Waals surface area contributed by atoms with Gasteiger partial charge in [-0.1, -0.05) is 28.1 Å². The molecule has 1 atom stereocenters. The molecular weight excluding hydrogens is 424 g/mol. The van der Waals surface area contributed by atoms with Crippen LogP contribution in [0.25, 0.3) is 0 Å². The molecule has 26 heavy (non-hydrogen) atoms. The molecule has 2 aromatic rings. The van der Waals surface area contributed by atoms with E-state index >= 15 is 0 Å². The van der Waals surface area contributed by atoms with Gasteiger partial charge in [-0.15, -0.1) is 0 Å². The molecule has 0 aromatic heterocycles. The number of carbonyl (C=O) groups excluding carboxylic acids is 1. The van der Waals surface area contributed by atoms with Gasteiger partial charge in [-0.2, -0.15) is 0 Å². The Labute approximate surface area is 162 Å². The Bertz CT molecular complexity index is 785. The highest BCUT2D eigenvalue weighted by Gasteiger charge is 2.31. The zero-order valence-corrected chi connectivity index (χ0v) is 15.9. The third-order valence-electron chi connectivity index (χ3n) is 3.69. The second-order valence-corrected chi connectivity index (χ2v) is 7.42. The first-order chi connectivity index (χ1) is 12.5. The van der Waals surface area contributed by atoms with Crippen LogP contribution in [0.5, 0.6) is 0 Å². The lowest BCUT2D eigenvalue weighted by molar-refractivity contribution is -0.384. The Morgan fingerprint density at radius 1 is 1.23 bits per heavy atom.